The first kappa shape index (κ1) is 17.9. The van der Waals surface area contributed by atoms with E-state index in [2.05, 4.69) is 0 Å². The van der Waals surface area contributed by atoms with Crippen molar-refractivity contribution in [2.45, 2.75) is 31.1 Å². The summed E-state index contributed by atoms with van der Waals surface area (Å²) in [4.78, 5) is -0.0773. The molecule has 5 nitrogen and oxygen atoms in total. The molecular formula is C14H19ClN2O3S. The van der Waals surface area contributed by atoms with Crippen LogP contribution in [0.1, 0.15) is 31.7 Å². The minimum Gasteiger partial charge on any atom is -0.396 e. The summed E-state index contributed by atoms with van der Waals surface area (Å²) >= 11 is 5.90. The van der Waals surface area contributed by atoms with Crippen molar-refractivity contribution < 1.29 is 13.5 Å². The summed E-state index contributed by atoms with van der Waals surface area (Å²) in [6, 6.07) is 6.24. The molecule has 0 spiro atoms. The molecule has 0 saturated carbocycles. The van der Waals surface area contributed by atoms with Gasteiger partial charge in [-0.05, 0) is 25.0 Å². The molecule has 0 aromatic heterocycles. The van der Waals surface area contributed by atoms with Crippen LogP contribution >= 0.6 is 11.6 Å². The fraction of sp³-hybridized carbons (Fsp3) is 0.500. The molecule has 0 amide bonds. The van der Waals surface area contributed by atoms with E-state index in [4.69, 9.17) is 22.0 Å². The van der Waals surface area contributed by atoms with Crippen molar-refractivity contribution in [2.75, 3.05) is 19.7 Å². The summed E-state index contributed by atoms with van der Waals surface area (Å²) in [5.41, 5.74) is -0.0373. The fourth-order valence-corrected chi connectivity index (χ4v) is 3.85. The summed E-state index contributed by atoms with van der Waals surface area (Å²) in [5, 5.41) is 18.2. The lowest BCUT2D eigenvalue weighted by molar-refractivity contribution is 0.268. The molecule has 0 aliphatic heterocycles. The molecular weight excluding hydrogens is 312 g/mol. The first-order valence-corrected chi connectivity index (χ1v) is 8.60. The fourth-order valence-electron chi connectivity index (χ4n) is 1.90. The number of aliphatic hydroxyl groups is 1. The average molecular weight is 331 g/mol. The van der Waals surface area contributed by atoms with Gasteiger partial charge in [0.1, 0.15) is 11.0 Å². The van der Waals surface area contributed by atoms with E-state index in [1.54, 1.807) is 0 Å². The van der Waals surface area contributed by atoms with E-state index >= 15 is 0 Å². The van der Waals surface area contributed by atoms with Gasteiger partial charge in [-0.25, -0.2) is 8.42 Å². The molecule has 0 aliphatic rings. The molecule has 7 heteroatoms. The number of unbranched alkanes of at least 4 members (excludes halogenated alkanes) is 1. The van der Waals surface area contributed by atoms with Gasteiger partial charge in [0.2, 0.25) is 10.0 Å². The third-order valence-electron chi connectivity index (χ3n) is 3.03. The van der Waals surface area contributed by atoms with Crippen molar-refractivity contribution in [3.8, 4) is 6.07 Å². The SMILES string of the molecule is CCCCN(CCCO)S(=O)(=O)c1cccc(Cl)c1C#N. The molecule has 0 unspecified atom stereocenters. The van der Waals surface area contributed by atoms with Crippen molar-refractivity contribution in [1.82, 2.24) is 4.31 Å². The second-order valence-electron chi connectivity index (χ2n) is 4.56. The maximum absolute atomic E-state index is 12.7. The minimum atomic E-state index is -3.80. The van der Waals surface area contributed by atoms with Crippen LogP contribution < -0.4 is 0 Å². The van der Waals surface area contributed by atoms with Crippen LogP contribution in [0.15, 0.2) is 23.1 Å². The zero-order valence-corrected chi connectivity index (χ0v) is 13.5. The Morgan fingerprint density at radius 1 is 1.33 bits per heavy atom. The Kier molecular flexibility index (Phi) is 7.12. The second kappa shape index (κ2) is 8.35. The molecule has 116 valence electrons. The predicted molar refractivity (Wildman–Crippen MR) is 81.5 cm³/mol. The number of hydrogen-bond acceptors (Lipinski definition) is 4. The maximum Gasteiger partial charge on any atom is 0.244 e. The monoisotopic (exact) mass is 330 g/mol. The smallest absolute Gasteiger partial charge is 0.244 e. The van der Waals surface area contributed by atoms with Gasteiger partial charge in [-0.3, -0.25) is 0 Å². The lowest BCUT2D eigenvalue weighted by Gasteiger charge is -2.22. The first-order chi connectivity index (χ1) is 9.98. The Morgan fingerprint density at radius 2 is 2.00 bits per heavy atom. The average Bonchev–Trinajstić information content (AvgIpc) is 2.46. The quantitative estimate of drug-likeness (QED) is 0.793. The lowest BCUT2D eigenvalue weighted by Crippen LogP contribution is -2.34. The molecule has 0 saturated heterocycles. The summed E-state index contributed by atoms with van der Waals surface area (Å²) in [7, 11) is -3.80. The van der Waals surface area contributed by atoms with Crippen LogP contribution in [-0.2, 0) is 10.0 Å². The van der Waals surface area contributed by atoms with Gasteiger partial charge in [0.25, 0.3) is 0 Å². The molecule has 21 heavy (non-hydrogen) atoms. The van der Waals surface area contributed by atoms with Crippen LogP contribution in [0, 0.1) is 11.3 Å². The van der Waals surface area contributed by atoms with E-state index in [-0.39, 0.29) is 28.6 Å². The van der Waals surface area contributed by atoms with E-state index in [9.17, 15) is 8.42 Å². The van der Waals surface area contributed by atoms with Crippen molar-refractivity contribution in [3.05, 3.63) is 28.8 Å². The highest BCUT2D eigenvalue weighted by Gasteiger charge is 2.27. The van der Waals surface area contributed by atoms with Crippen LogP contribution in [0.2, 0.25) is 5.02 Å². The van der Waals surface area contributed by atoms with Gasteiger partial charge >= 0.3 is 0 Å². The zero-order chi connectivity index (χ0) is 15.9. The molecule has 0 bridgehead atoms. The topological polar surface area (TPSA) is 81.4 Å². The van der Waals surface area contributed by atoms with E-state index in [1.807, 2.05) is 13.0 Å². The summed E-state index contributed by atoms with van der Waals surface area (Å²) in [5.74, 6) is 0. The maximum atomic E-state index is 12.7. The highest BCUT2D eigenvalue weighted by molar-refractivity contribution is 7.89. The molecule has 0 fully saturated rings. The Labute approximate surface area is 130 Å². The van der Waals surface area contributed by atoms with Crippen LogP contribution in [0.25, 0.3) is 0 Å². The number of hydrogen-bond donors (Lipinski definition) is 1. The largest absolute Gasteiger partial charge is 0.396 e. The van der Waals surface area contributed by atoms with Crippen LogP contribution in [0.5, 0.6) is 0 Å². The molecule has 0 heterocycles. The molecule has 0 atom stereocenters. The normalized spacial score (nSPS) is 11.6. The number of rotatable bonds is 8. The standard InChI is InChI=1S/C14H19ClN2O3S/c1-2-3-8-17(9-5-10-18)21(19,20)14-7-4-6-13(15)12(14)11-16/h4,6-7,18H,2-3,5,8-10H2,1H3. The number of halogens is 1. The van der Waals surface area contributed by atoms with Gasteiger partial charge in [0, 0.05) is 19.7 Å². The summed E-state index contributed by atoms with van der Waals surface area (Å²) in [6.07, 6.45) is 1.92. The number of sulfonamides is 1. The van der Waals surface area contributed by atoms with Crippen LogP contribution in [0.4, 0.5) is 0 Å². The third-order valence-corrected chi connectivity index (χ3v) is 5.29. The Bertz CT molecular complexity index is 603. The van der Waals surface area contributed by atoms with Gasteiger partial charge in [0.15, 0.2) is 0 Å². The Hall–Kier alpha value is -1.13. The zero-order valence-electron chi connectivity index (χ0n) is 11.9. The third kappa shape index (κ3) is 4.42. The van der Waals surface area contributed by atoms with Crippen molar-refractivity contribution >= 4 is 21.6 Å². The van der Waals surface area contributed by atoms with Crippen LogP contribution in [-0.4, -0.2) is 37.5 Å². The van der Waals surface area contributed by atoms with Gasteiger partial charge in [-0.15, -0.1) is 0 Å². The number of aliphatic hydroxyl groups excluding tert-OH is 1. The predicted octanol–water partition coefficient (Wildman–Crippen LogP) is 2.38. The molecule has 1 rings (SSSR count). The highest BCUT2D eigenvalue weighted by Crippen LogP contribution is 2.26. The molecule has 0 aliphatic carbocycles. The van der Waals surface area contributed by atoms with Gasteiger partial charge in [-0.2, -0.15) is 9.57 Å². The lowest BCUT2D eigenvalue weighted by atomic mass is 10.2. The molecule has 1 aromatic carbocycles. The van der Waals surface area contributed by atoms with Gasteiger partial charge in [0.05, 0.1) is 10.6 Å². The molecule has 1 aromatic rings. The summed E-state index contributed by atoms with van der Waals surface area (Å²) in [6.45, 7) is 2.46. The van der Waals surface area contributed by atoms with E-state index in [0.29, 0.717) is 19.4 Å². The molecule has 1 N–H and O–H groups in total. The van der Waals surface area contributed by atoms with E-state index < -0.39 is 10.0 Å². The number of benzene rings is 1. The number of nitrogens with zero attached hydrogens (tertiary/aromatic N) is 2. The van der Waals surface area contributed by atoms with Crippen molar-refractivity contribution in [1.29, 1.82) is 5.26 Å². The first-order valence-electron chi connectivity index (χ1n) is 6.78. The van der Waals surface area contributed by atoms with Gasteiger partial charge in [-0.1, -0.05) is 31.0 Å². The van der Waals surface area contributed by atoms with E-state index in [0.717, 1.165) is 6.42 Å². The Balaban J connectivity index is 3.22. The minimum absolute atomic E-state index is 0.0373. The highest BCUT2D eigenvalue weighted by atomic mass is 35.5. The Morgan fingerprint density at radius 3 is 2.57 bits per heavy atom. The van der Waals surface area contributed by atoms with Crippen molar-refractivity contribution in [3.63, 3.8) is 0 Å². The van der Waals surface area contributed by atoms with Crippen LogP contribution in [0.3, 0.4) is 0 Å². The van der Waals surface area contributed by atoms with E-state index in [1.165, 1.54) is 22.5 Å². The molecule has 0 radical (unpaired) electrons. The second-order valence-corrected chi connectivity index (χ2v) is 6.87. The number of nitriles is 1. The van der Waals surface area contributed by atoms with Crippen molar-refractivity contribution in [2.24, 2.45) is 0 Å². The van der Waals surface area contributed by atoms with Gasteiger partial charge < -0.3 is 5.11 Å². The summed E-state index contributed by atoms with van der Waals surface area (Å²) < 4.78 is 26.7.